The van der Waals surface area contributed by atoms with E-state index in [1.165, 1.54) is 16.2 Å². The molecular weight excluding hydrogens is 456 g/mol. The van der Waals surface area contributed by atoms with Crippen LogP contribution in [-0.4, -0.2) is 55.0 Å². The lowest BCUT2D eigenvalue weighted by atomic mass is 10.0. The van der Waals surface area contributed by atoms with E-state index in [0.29, 0.717) is 36.1 Å². The van der Waals surface area contributed by atoms with Gasteiger partial charge < -0.3 is 19.3 Å². The summed E-state index contributed by atoms with van der Waals surface area (Å²) in [5.41, 5.74) is 1.13. The number of methoxy groups -OCH3 is 1. The summed E-state index contributed by atoms with van der Waals surface area (Å²) in [7, 11) is 1.61. The Kier molecular flexibility index (Phi) is 7.67. The maximum Gasteiger partial charge on any atom is 0.264 e. The normalized spacial score (nSPS) is 15.1. The Morgan fingerprint density at radius 3 is 2.64 bits per heavy atom. The number of nitrogens with zero attached hydrogens (tertiary/aromatic N) is 2. The third-order valence-electron chi connectivity index (χ3n) is 5.72. The number of rotatable bonds is 9. The Morgan fingerprint density at radius 1 is 1.09 bits per heavy atom. The Bertz CT molecular complexity index is 1080. The van der Waals surface area contributed by atoms with Gasteiger partial charge in [-0.05, 0) is 53.4 Å². The number of carbonyl (C=O) groups excluding carboxylic acids is 2. The Hall–Kier alpha value is -2.84. The maximum atomic E-state index is 13.5. The van der Waals surface area contributed by atoms with Crippen molar-refractivity contribution in [2.45, 2.75) is 25.8 Å². The van der Waals surface area contributed by atoms with Gasteiger partial charge in [-0.2, -0.15) is 0 Å². The zero-order chi connectivity index (χ0) is 23.2. The highest BCUT2D eigenvalue weighted by Crippen LogP contribution is 2.35. The van der Waals surface area contributed by atoms with Gasteiger partial charge in [0.05, 0.1) is 18.0 Å². The molecule has 4 rings (SSSR count). The zero-order valence-electron chi connectivity index (χ0n) is 18.9. The number of amides is 2. The molecule has 0 bridgehead atoms. The van der Waals surface area contributed by atoms with Gasteiger partial charge in [-0.25, -0.2) is 0 Å². The summed E-state index contributed by atoms with van der Waals surface area (Å²) in [4.78, 5) is 31.9. The van der Waals surface area contributed by atoms with Crippen LogP contribution in [0.1, 0.15) is 39.5 Å². The summed E-state index contributed by atoms with van der Waals surface area (Å²) in [5.74, 6) is 1.16. The van der Waals surface area contributed by atoms with Crippen LogP contribution in [0.25, 0.3) is 0 Å². The molecule has 3 aromatic rings. The molecule has 0 spiro atoms. The first-order valence-corrected chi connectivity index (χ1v) is 12.8. The van der Waals surface area contributed by atoms with Crippen molar-refractivity contribution in [1.29, 1.82) is 0 Å². The van der Waals surface area contributed by atoms with Gasteiger partial charge in [0.25, 0.3) is 5.91 Å². The van der Waals surface area contributed by atoms with E-state index < -0.39 is 0 Å². The van der Waals surface area contributed by atoms with Crippen LogP contribution in [0.3, 0.4) is 0 Å². The number of hydrogen-bond donors (Lipinski definition) is 0. The fourth-order valence-electron chi connectivity index (χ4n) is 4.11. The van der Waals surface area contributed by atoms with Crippen molar-refractivity contribution in [2.24, 2.45) is 0 Å². The molecule has 8 heteroatoms. The molecule has 33 heavy (non-hydrogen) atoms. The predicted octanol–water partition coefficient (Wildman–Crippen LogP) is 4.88. The molecule has 0 saturated heterocycles. The van der Waals surface area contributed by atoms with Crippen LogP contribution in [0, 0.1) is 0 Å². The smallest absolute Gasteiger partial charge is 0.264 e. The first-order valence-electron chi connectivity index (χ1n) is 11.1. The van der Waals surface area contributed by atoms with E-state index in [9.17, 15) is 9.59 Å². The first kappa shape index (κ1) is 23.3. The summed E-state index contributed by atoms with van der Waals surface area (Å²) in [6, 6.07) is 13.1. The van der Waals surface area contributed by atoms with E-state index in [4.69, 9.17) is 9.47 Å². The van der Waals surface area contributed by atoms with Gasteiger partial charge in [0.2, 0.25) is 5.91 Å². The molecule has 1 aliphatic rings. The molecule has 0 radical (unpaired) electrons. The van der Waals surface area contributed by atoms with Crippen LogP contribution in [0.2, 0.25) is 0 Å². The SMILES string of the molecule is CCCN(CC(=O)N1CCc2sccc2C1COc1ccccc1OC)C(=O)c1cccs1. The van der Waals surface area contributed by atoms with Crippen molar-refractivity contribution >= 4 is 34.5 Å². The summed E-state index contributed by atoms with van der Waals surface area (Å²) in [6.45, 7) is 3.56. The van der Waals surface area contributed by atoms with Gasteiger partial charge in [0.1, 0.15) is 13.2 Å². The molecule has 1 aliphatic heterocycles. The lowest BCUT2D eigenvalue weighted by molar-refractivity contribution is -0.135. The van der Waals surface area contributed by atoms with Crippen molar-refractivity contribution in [3.63, 3.8) is 0 Å². The van der Waals surface area contributed by atoms with E-state index in [0.717, 1.165) is 18.4 Å². The number of hydrogen-bond acceptors (Lipinski definition) is 6. The van der Waals surface area contributed by atoms with Gasteiger partial charge >= 0.3 is 0 Å². The van der Waals surface area contributed by atoms with Crippen LogP contribution in [-0.2, 0) is 11.2 Å². The molecule has 0 N–H and O–H groups in total. The topological polar surface area (TPSA) is 59.1 Å². The minimum atomic E-state index is -0.210. The molecule has 0 aliphatic carbocycles. The summed E-state index contributed by atoms with van der Waals surface area (Å²) in [6.07, 6.45) is 1.61. The van der Waals surface area contributed by atoms with Gasteiger partial charge in [0.15, 0.2) is 11.5 Å². The second-order valence-corrected chi connectivity index (χ2v) is 9.77. The van der Waals surface area contributed by atoms with Crippen LogP contribution in [0.5, 0.6) is 11.5 Å². The molecule has 2 amide bonds. The van der Waals surface area contributed by atoms with Gasteiger partial charge in [0, 0.05) is 18.0 Å². The van der Waals surface area contributed by atoms with Gasteiger partial charge in [-0.15, -0.1) is 22.7 Å². The van der Waals surface area contributed by atoms with Crippen molar-refractivity contribution < 1.29 is 19.1 Å². The summed E-state index contributed by atoms with van der Waals surface area (Å²) in [5, 5.41) is 3.95. The van der Waals surface area contributed by atoms with Crippen LogP contribution >= 0.6 is 22.7 Å². The Morgan fingerprint density at radius 2 is 1.91 bits per heavy atom. The monoisotopic (exact) mass is 484 g/mol. The number of carbonyl (C=O) groups is 2. The standard InChI is InChI=1S/C25H28N2O4S2/c1-3-12-26(25(29)23-9-6-14-32-23)16-24(28)27-13-10-22-18(11-15-33-22)19(27)17-31-21-8-5-4-7-20(21)30-2/h4-9,11,14-15,19H,3,10,12-13,16-17H2,1-2H3. The highest BCUT2D eigenvalue weighted by molar-refractivity contribution is 7.12. The van der Waals surface area contributed by atoms with E-state index in [2.05, 4.69) is 11.4 Å². The van der Waals surface area contributed by atoms with E-state index in [-0.39, 0.29) is 24.4 Å². The second-order valence-electron chi connectivity index (χ2n) is 7.82. The molecule has 1 aromatic carbocycles. The quantitative estimate of drug-likeness (QED) is 0.435. The number of thiophene rings is 2. The maximum absolute atomic E-state index is 13.5. The van der Waals surface area contributed by atoms with Crippen molar-refractivity contribution in [3.05, 3.63) is 68.5 Å². The van der Waals surface area contributed by atoms with Crippen LogP contribution in [0.15, 0.2) is 53.2 Å². The average Bonchev–Trinajstić information content (AvgIpc) is 3.54. The molecule has 0 saturated carbocycles. The number of fused-ring (bicyclic) bond motifs is 1. The zero-order valence-corrected chi connectivity index (χ0v) is 20.5. The minimum Gasteiger partial charge on any atom is -0.493 e. The average molecular weight is 485 g/mol. The third-order valence-corrected chi connectivity index (χ3v) is 7.57. The molecule has 0 fully saturated rings. The Balaban J connectivity index is 1.52. The lowest BCUT2D eigenvalue weighted by Crippen LogP contribution is -2.48. The van der Waals surface area contributed by atoms with Gasteiger partial charge in [-0.1, -0.05) is 25.1 Å². The van der Waals surface area contributed by atoms with E-state index in [1.54, 1.807) is 23.3 Å². The minimum absolute atomic E-state index is 0.0566. The van der Waals surface area contributed by atoms with Crippen molar-refractivity contribution in [3.8, 4) is 11.5 Å². The van der Waals surface area contributed by atoms with Gasteiger partial charge in [-0.3, -0.25) is 9.59 Å². The summed E-state index contributed by atoms with van der Waals surface area (Å²) < 4.78 is 11.5. The molecular formula is C25H28N2O4S2. The van der Waals surface area contributed by atoms with Crippen molar-refractivity contribution in [2.75, 3.05) is 33.4 Å². The molecule has 174 valence electrons. The number of benzene rings is 1. The second kappa shape index (κ2) is 10.9. The Labute approximate surface area is 202 Å². The fraction of sp³-hybridized carbons (Fsp3) is 0.360. The third kappa shape index (κ3) is 5.23. The largest absolute Gasteiger partial charge is 0.493 e. The fourth-order valence-corrected chi connectivity index (χ4v) is 5.73. The van der Waals surface area contributed by atoms with E-state index >= 15 is 0 Å². The highest BCUT2D eigenvalue weighted by atomic mass is 32.1. The molecule has 1 unspecified atom stereocenters. The molecule has 2 aromatic heterocycles. The van der Waals surface area contributed by atoms with E-state index in [1.807, 2.05) is 53.6 Å². The van der Waals surface area contributed by atoms with Crippen molar-refractivity contribution in [1.82, 2.24) is 9.80 Å². The number of ether oxygens (including phenoxy) is 2. The predicted molar refractivity (Wildman–Crippen MR) is 131 cm³/mol. The lowest BCUT2D eigenvalue weighted by Gasteiger charge is -2.37. The van der Waals surface area contributed by atoms with Crippen LogP contribution in [0.4, 0.5) is 0 Å². The highest BCUT2D eigenvalue weighted by Gasteiger charge is 2.33. The molecule has 6 nitrogen and oxygen atoms in total. The molecule has 1 atom stereocenters. The summed E-state index contributed by atoms with van der Waals surface area (Å²) >= 11 is 3.12. The molecule has 3 heterocycles. The first-order chi connectivity index (χ1) is 16.1. The van der Waals surface area contributed by atoms with Crippen LogP contribution < -0.4 is 9.47 Å². The number of para-hydroxylation sites is 2.